The summed E-state index contributed by atoms with van der Waals surface area (Å²) in [7, 11) is 0. The van der Waals surface area contributed by atoms with Crippen LogP contribution in [0, 0.1) is 5.92 Å². The summed E-state index contributed by atoms with van der Waals surface area (Å²) in [5.74, 6) is 0.592. The molecule has 0 heterocycles. The summed E-state index contributed by atoms with van der Waals surface area (Å²) in [6.07, 6.45) is 1.14. The van der Waals surface area contributed by atoms with Crippen molar-refractivity contribution in [3.63, 3.8) is 0 Å². The van der Waals surface area contributed by atoms with Crippen molar-refractivity contribution in [2.45, 2.75) is 40.2 Å². The van der Waals surface area contributed by atoms with Crippen molar-refractivity contribution in [2.75, 3.05) is 19.7 Å². The van der Waals surface area contributed by atoms with Gasteiger partial charge < -0.3 is 5.11 Å². The number of rotatable bonds is 6. The van der Waals surface area contributed by atoms with Crippen molar-refractivity contribution in [2.24, 2.45) is 5.92 Å². The van der Waals surface area contributed by atoms with E-state index >= 15 is 0 Å². The molecule has 0 amide bonds. The van der Waals surface area contributed by atoms with Crippen molar-refractivity contribution in [1.29, 1.82) is 0 Å². The number of hydrogen-bond donors (Lipinski definition) is 1. The molecule has 0 fully saturated rings. The molecule has 0 aromatic rings. The zero-order valence-corrected chi connectivity index (χ0v) is 8.88. The lowest BCUT2D eigenvalue weighted by atomic mass is 9.98. The highest BCUT2D eigenvalue weighted by molar-refractivity contribution is 4.73. The van der Waals surface area contributed by atoms with Gasteiger partial charge in [0.05, 0.1) is 6.61 Å². The predicted molar refractivity (Wildman–Crippen MR) is 53.2 cm³/mol. The number of aliphatic hydroxyl groups is 1. The maximum atomic E-state index is 9.22. The van der Waals surface area contributed by atoms with Gasteiger partial charge in [-0.25, -0.2) is 0 Å². The molecule has 12 heavy (non-hydrogen) atoms. The van der Waals surface area contributed by atoms with Gasteiger partial charge in [-0.15, -0.1) is 0 Å². The van der Waals surface area contributed by atoms with E-state index in [0.717, 1.165) is 19.5 Å². The van der Waals surface area contributed by atoms with Gasteiger partial charge in [0.25, 0.3) is 0 Å². The Bertz CT molecular complexity index is 102. The molecule has 0 saturated carbocycles. The summed E-state index contributed by atoms with van der Waals surface area (Å²) < 4.78 is 0. The van der Waals surface area contributed by atoms with Crippen LogP contribution >= 0.6 is 0 Å². The molecule has 0 aromatic heterocycles. The summed E-state index contributed by atoms with van der Waals surface area (Å²) in [4.78, 5) is 2.33. The Hall–Kier alpha value is -0.0800. The minimum Gasteiger partial charge on any atom is -0.395 e. The summed E-state index contributed by atoms with van der Waals surface area (Å²) in [5, 5.41) is 9.22. The zero-order valence-electron chi connectivity index (χ0n) is 8.88. The second kappa shape index (κ2) is 6.44. The lowest BCUT2D eigenvalue weighted by molar-refractivity contribution is 0.0926. The first-order chi connectivity index (χ1) is 5.71. The monoisotopic (exact) mass is 173 g/mol. The second-order valence-corrected chi connectivity index (χ2v) is 3.36. The van der Waals surface area contributed by atoms with Crippen LogP contribution in [0.3, 0.4) is 0 Å². The van der Waals surface area contributed by atoms with E-state index in [1.165, 1.54) is 0 Å². The zero-order chi connectivity index (χ0) is 9.56. The molecule has 1 N–H and O–H groups in total. The Balaban J connectivity index is 4.09. The topological polar surface area (TPSA) is 23.5 Å². The van der Waals surface area contributed by atoms with E-state index in [9.17, 15) is 5.11 Å². The number of hydrogen-bond acceptors (Lipinski definition) is 2. The predicted octanol–water partition coefficient (Wildman–Crippen LogP) is 1.74. The third-order valence-electron chi connectivity index (χ3n) is 2.77. The number of aliphatic hydroxyl groups excluding tert-OH is 1. The van der Waals surface area contributed by atoms with Crippen molar-refractivity contribution in [3.05, 3.63) is 0 Å². The maximum absolute atomic E-state index is 9.22. The van der Waals surface area contributed by atoms with Crippen LogP contribution < -0.4 is 0 Å². The standard InChI is InChI=1S/C10H23NO/c1-5-9(4)10(8-12)11(6-2)7-3/h9-10,12H,5-8H2,1-4H3/t9-,10+/m0/s1. The third kappa shape index (κ3) is 3.11. The molecule has 0 aliphatic rings. The SMILES string of the molecule is CC[C@H](C)[C@@H](CO)N(CC)CC. The van der Waals surface area contributed by atoms with Gasteiger partial charge in [-0.1, -0.05) is 34.1 Å². The van der Waals surface area contributed by atoms with Crippen molar-refractivity contribution in [1.82, 2.24) is 4.90 Å². The summed E-state index contributed by atoms with van der Waals surface area (Å²) >= 11 is 0. The minimum atomic E-state index is 0.288. The van der Waals surface area contributed by atoms with Crippen LogP contribution in [0.4, 0.5) is 0 Å². The van der Waals surface area contributed by atoms with E-state index in [-0.39, 0.29) is 6.61 Å². The maximum Gasteiger partial charge on any atom is 0.0589 e. The van der Waals surface area contributed by atoms with Crippen LogP contribution in [0.1, 0.15) is 34.1 Å². The molecule has 2 nitrogen and oxygen atoms in total. The van der Waals surface area contributed by atoms with Crippen LogP contribution in [0.25, 0.3) is 0 Å². The fraction of sp³-hybridized carbons (Fsp3) is 1.00. The van der Waals surface area contributed by atoms with Crippen LogP contribution in [-0.4, -0.2) is 35.7 Å². The van der Waals surface area contributed by atoms with Crippen molar-refractivity contribution >= 4 is 0 Å². The molecule has 0 spiro atoms. The molecule has 0 aromatic carbocycles. The van der Waals surface area contributed by atoms with Crippen LogP contribution in [0.5, 0.6) is 0 Å². The molecule has 0 aliphatic heterocycles. The second-order valence-electron chi connectivity index (χ2n) is 3.36. The van der Waals surface area contributed by atoms with Gasteiger partial charge in [0, 0.05) is 6.04 Å². The number of likely N-dealkylation sites (N-methyl/N-ethyl adjacent to an activating group) is 1. The number of nitrogens with zero attached hydrogens (tertiary/aromatic N) is 1. The van der Waals surface area contributed by atoms with Crippen LogP contribution in [-0.2, 0) is 0 Å². The summed E-state index contributed by atoms with van der Waals surface area (Å²) in [6.45, 7) is 11.0. The molecule has 0 aliphatic carbocycles. The molecule has 2 heteroatoms. The first kappa shape index (κ1) is 11.9. The Morgan fingerprint density at radius 1 is 1.17 bits per heavy atom. The Morgan fingerprint density at radius 3 is 1.92 bits per heavy atom. The highest BCUT2D eigenvalue weighted by atomic mass is 16.3. The van der Waals surface area contributed by atoms with E-state index in [1.807, 2.05) is 0 Å². The van der Waals surface area contributed by atoms with Gasteiger partial charge in [-0.3, -0.25) is 4.90 Å². The highest BCUT2D eigenvalue weighted by Gasteiger charge is 2.19. The lowest BCUT2D eigenvalue weighted by Crippen LogP contribution is -2.42. The summed E-state index contributed by atoms with van der Waals surface area (Å²) in [6, 6.07) is 0.352. The van der Waals surface area contributed by atoms with E-state index < -0.39 is 0 Å². The molecule has 74 valence electrons. The van der Waals surface area contributed by atoms with E-state index in [2.05, 4.69) is 32.6 Å². The molecule has 0 radical (unpaired) electrons. The Labute approximate surface area is 76.6 Å². The molecule has 2 atom stereocenters. The van der Waals surface area contributed by atoms with Crippen LogP contribution in [0.2, 0.25) is 0 Å². The molecular weight excluding hydrogens is 150 g/mol. The third-order valence-corrected chi connectivity index (χ3v) is 2.77. The lowest BCUT2D eigenvalue weighted by Gasteiger charge is -2.32. The quantitative estimate of drug-likeness (QED) is 0.661. The first-order valence-electron chi connectivity index (χ1n) is 5.06. The van der Waals surface area contributed by atoms with E-state index in [4.69, 9.17) is 0 Å². The van der Waals surface area contributed by atoms with Gasteiger partial charge in [0.1, 0.15) is 0 Å². The fourth-order valence-electron chi connectivity index (χ4n) is 1.62. The average molecular weight is 173 g/mol. The normalized spacial score (nSPS) is 16.5. The fourth-order valence-corrected chi connectivity index (χ4v) is 1.62. The Kier molecular flexibility index (Phi) is 6.39. The molecule has 0 unspecified atom stereocenters. The highest BCUT2D eigenvalue weighted by Crippen LogP contribution is 2.13. The van der Waals surface area contributed by atoms with Crippen LogP contribution in [0.15, 0.2) is 0 Å². The first-order valence-corrected chi connectivity index (χ1v) is 5.06. The molecule has 0 rings (SSSR count). The molecule has 0 bridgehead atoms. The largest absolute Gasteiger partial charge is 0.395 e. The van der Waals surface area contributed by atoms with E-state index in [0.29, 0.717) is 12.0 Å². The van der Waals surface area contributed by atoms with E-state index in [1.54, 1.807) is 0 Å². The van der Waals surface area contributed by atoms with Gasteiger partial charge >= 0.3 is 0 Å². The minimum absolute atomic E-state index is 0.288. The average Bonchev–Trinajstić information content (AvgIpc) is 2.12. The molecule has 0 saturated heterocycles. The summed E-state index contributed by atoms with van der Waals surface area (Å²) in [5.41, 5.74) is 0. The molecular formula is C10H23NO. The van der Waals surface area contributed by atoms with Crippen molar-refractivity contribution in [3.8, 4) is 0 Å². The Morgan fingerprint density at radius 2 is 1.67 bits per heavy atom. The van der Waals surface area contributed by atoms with Gasteiger partial charge in [-0.2, -0.15) is 0 Å². The van der Waals surface area contributed by atoms with Gasteiger partial charge in [0.2, 0.25) is 0 Å². The smallest absolute Gasteiger partial charge is 0.0589 e. The van der Waals surface area contributed by atoms with Gasteiger partial charge in [-0.05, 0) is 19.0 Å². The van der Waals surface area contributed by atoms with Gasteiger partial charge in [0.15, 0.2) is 0 Å². The van der Waals surface area contributed by atoms with Crippen molar-refractivity contribution < 1.29 is 5.11 Å².